The number of carbonyl (C=O) groups excluding carboxylic acids is 2. The second kappa shape index (κ2) is 8.12. The predicted molar refractivity (Wildman–Crippen MR) is 105 cm³/mol. The molecule has 6 nitrogen and oxygen atoms in total. The van der Waals surface area contributed by atoms with E-state index in [-0.39, 0.29) is 18.0 Å². The molecule has 6 heteroatoms. The Kier molecular flexibility index (Phi) is 5.64. The first-order chi connectivity index (χ1) is 13.0. The van der Waals surface area contributed by atoms with Crippen LogP contribution in [0.25, 0.3) is 0 Å². The van der Waals surface area contributed by atoms with E-state index in [1.165, 1.54) is 0 Å². The number of benzene rings is 2. The molecule has 0 saturated carbocycles. The number of urea groups is 1. The highest BCUT2D eigenvalue weighted by Crippen LogP contribution is 2.23. The van der Waals surface area contributed by atoms with E-state index in [2.05, 4.69) is 10.6 Å². The lowest BCUT2D eigenvalue weighted by Crippen LogP contribution is -2.28. The molecule has 27 heavy (non-hydrogen) atoms. The molecule has 0 radical (unpaired) electrons. The van der Waals surface area contributed by atoms with E-state index in [1.807, 2.05) is 57.2 Å². The summed E-state index contributed by atoms with van der Waals surface area (Å²) in [6.45, 7) is 7.51. The maximum absolute atomic E-state index is 12.6. The zero-order valence-corrected chi connectivity index (χ0v) is 15.9. The van der Waals surface area contributed by atoms with Gasteiger partial charge in [-0.25, -0.2) is 4.79 Å². The van der Waals surface area contributed by atoms with Crippen LogP contribution in [0.2, 0.25) is 0 Å². The van der Waals surface area contributed by atoms with Gasteiger partial charge in [0.1, 0.15) is 5.75 Å². The van der Waals surface area contributed by atoms with Crippen LogP contribution in [0.15, 0.2) is 42.5 Å². The minimum atomic E-state index is -0.158. The van der Waals surface area contributed by atoms with Crippen LogP contribution in [-0.2, 0) is 6.54 Å². The number of para-hydroxylation sites is 1. The minimum Gasteiger partial charge on any atom is -0.491 e. The molecule has 0 atom stereocenters. The molecule has 3 rings (SSSR count). The summed E-state index contributed by atoms with van der Waals surface area (Å²) in [7, 11) is 0. The fourth-order valence-electron chi connectivity index (χ4n) is 3.10. The second-order valence-electron chi connectivity index (χ2n) is 6.84. The third-order valence-corrected chi connectivity index (χ3v) is 4.38. The Morgan fingerprint density at radius 3 is 2.70 bits per heavy atom. The highest BCUT2D eigenvalue weighted by molar-refractivity contribution is 5.97. The van der Waals surface area contributed by atoms with Gasteiger partial charge in [0.25, 0.3) is 5.91 Å². The highest BCUT2D eigenvalue weighted by atomic mass is 16.5. The monoisotopic (exact) mass is 367 g/mol. The number of rotatable bonds is 6. The van der Waals surface area contributed by atoms with Gasteiger partial charge in [-0.15, -0.1) is 0 Å². The summed E-state index contributed by atoms with van der Waals surface area (Å²) < 4.78 is 5.79. The number of hydrogen-bond donors (Lipinski definition) is 2. The van der Waals surface area contributed by atoms with Crippen molar-refractivity contribution in [1.82, 2.24) is 10.6 Å². The smallest absolute Gasteiger partial charge is 0.322 e. The summed E-state index contributed by atoms with van der Waals surface area (Å²) in [5.74, 6) is 0.620. The van der Waals surface area contributed by atoms with Crippen molar-refractivity contribution < 1.29 is 14.3 Å². The maximum atomic E-state index is 12.6. The van der Waals surface area contributed by atoms with Gasteiger partial charge in [0.05, 0.1) is 6.10 Å². The average molecular weight is 367 g/mol. The zero-order chi connectivity index (χ0) is 19.4. The van der Waals surface area contributed by atoms with E-state index in [4.69, 9.17) is 4.74 Å². The van der Waals surface area contributed by atoms with Gasteiger partial charge < -0.3 is 15.4 Å². The van der Waals surface area contributed by atoms with Crippen LogP contribution in [0.4, 0.5) is 10.5 Å². The summed E-state index contributed by atoms with van der Waals surface area (Å²) in [6.07, 6.45) is 0.0693. The van der Waals surface area contributed by atoms with Crippen molar-refractivity contribution in [3.8, 4) is 5.75 Å². The molecular weight excluding hydrogens is 342 g/mol. The van der Waals surface area contributed by atoms with Gasteiger partial charge in [-0.3, -0.25) is 9.69 Å². The van der Waals surface area contributed by atoms with Crippen molar-refractivity contribution in [2.24, 2.45) is 0 Å². The van der Waals surface area contributed by atoms with Crippen LogP contribution in [0.1, 0.15) is 35.3 Å². The first-order valence-electron chi connectivity index (χ1n) is 9.14. The number of ether oxygens (including phenoxy) is 1. The summed E-state index contributed by atoms with van der Waals surface area (Å²) in [6, 6.07) is 13.0. The van der Waals surface area contributed by atoms with Gasteiger partial charge in [0.15, 0.2) is 0 Å². The molecule has 1 heterocycles. The van der Waals surface area contributed by atoms with Crippen molar-refractivity contribution in [2.45, 2.75) is 33.4 Å². The summed E-state index contributed by atoms with van der Waals surface area (Å²) in [4.78, 5) is 26.1. The van der Waals surface area contributed by atoms with Crippen LogP contribution in [0.3, 0.4) is 0 Å². The summed E-state index contributed by atoms with van der Waals surface area (Å²) >= 11 is 0. The SMILES string of the molecule is Cc1cc(C(=O)NCc2ccccc2OC(C)C)ccc1N1CCNC1=O. The van der Waals surface area contributed by atoms with Crippen molar-refractivity contribution in [3.63, 3.8) is 0 Å². The first kappa shape index (κ1) is 18.8. The Morgan fingerprint density at radius 1 is 1.26 bits per heavy atom. The quantitative estimate of drug-likeness (QED) is 0.823. The molecule has 3 amide bonds. The lowest BCUT2D eigenvalue weighted by atomic mass is 10.1. The molecule has 2 aromatic rings. The predicted octanol–water partition coefficient (Wildman–Crippen LogP) is 3.24. The van der Waals surface area contributed by atoms with Crippen molar-refractivity contribution >= 4 is 17.6 Å². The molecule has 2 N–H and O–H groups in total. The number of nitrogens with zero attached hydrogens (tertiary/aromatic N) is 1. The van der Waals surface area contributed by atoms with Crippen molar-refractivity contribution in [3.05, 3.63) is 59.2 Å². The Hall–Kier alpha value is -3.02. The van der Waals surface area contributed by atoms with E-state index in [0.717, 1.165) is 22.6 Å². The fraction of sp³-hybridized carbons (Fsp3) is 0.333. The highest BCUT2D eigenvalue weighted by Gasteiger charge is 2.23. The molecule has 1 saturated heterocycles. The lowest BCUT2D eigenvalue weighted by molar-refractivity contribution is 0.0950. The number of hydrogen-bond acceptors (Lipinski definition) is 3. The summed E-state index contributed by atoms with van der Waals surface area (Å²) in [5, 5.41) is 5.73. The van der Waals surface area contributed by atoms with Crippen LogP contribution >= 0.6 is 0 Å². The van der Waals surface area contributed by atoms with Gasteiger partial charge in [0.2, 0.25) is 0 Å². The molecule has 0 aliphatic carbocycles. The maximum Gasteiger partial charge on any atom is 0.322 e. The topological polar surface area (TPSA) is 70.7 Å². The second-order valence-corrected chi connectivity index (χ2v) is 6.84. The summed E-state index contributed by atoms with van der Waals surface area (Å²) in [5.41, 5.74) is 3.22. The van der Waals surface area contributed by atoms with Crippen LogP contribution in [-0.4, -0.2) is 31.1 Å². The van der Waals surface area contributed by atoms with Gasteiger partial charge >= 0.3 is 6.03 Å². The average Bonchev–Trinajstić information content (AvgIpc) is 3.06. The van der Waals surface area contributed by atoms with Crippen LogP contribution in [0, 0.1) is 6.92 Å². The van der Waals surface area contributed by atoms with Gasteiger partial charge in [-0.1, -0.05) is 18.2 Å². The van der Waals surface area contributed by atoms with E-state index in [9.17, 15) is 9.59 Å². The number of nitrogens with one attached hydrogen (secondary N) is 2. The Balaban J connectivity index is 1.68. The van der Waals surface area contributed by atoms with Crippen LogP contribution < -0.4 is 20.3 Å². The standard InChI is InChI=1S/C21H25N3O3/c1-14(2)27-19-7-5-4-6-17(19)13-23-20(25)16-8-9-18(15(3)12-16)24-11-10-22-21(24)26/h4-9,12,14H,10-11,13H2,1-3H3,(H,22,26)(H,23,25). The molecule has 0 aromatic heterocycles. The molecule has 1 aliphatic rings. The van der Waals surface area contributed by atoms with Gasteiger partial charge in [-0.05, 0) is 50.6 Å². The number of aryl methyl sites for hydroxylation is 1. The minimum absolute atomic E-state index is 0.0693. The Morgan fingerprint density at radius 2 is 2.04 bits per heavy atom. The van der Waals surface area contributed by atoms with E-state index in [0.29, 0.717) is 25.2 Å². The molecular formula is C21H25N3O3. The first-order valence-corrected chi connectivity index (χ1v) is 9.14. The van der Waals surface area contributed by atoms with Crippen LogP contribution in [0.5, 0.6) is 5.75 Å². The largest absolute Gasteiger partial charge is 0.491 e. The molecule has 0 unspecified atom stereocenters. The van der Waals surface area contributed by atoms with Gasteiger partial charge in [-0.2, -0.15) is 0 Å². The fourth-order valence-corrected chi connectivity index (χ4v) is 3.10. The molecule has 142 valence electrons. The number of amides is 3. The number of carbonyl (C=O) groups is 2. The Bertz CT molecular complexity index is 848. The lowest BCUT2D eigenvalue weighted by Gasteiger charge is -2.18. The Labute approximate surface area is 159 Å². The van der Waals surface area contributed by atoms with Crippen molar-refractivity contribution in [1.29, 1.82) is 0 Å². The molecule has 0 spiro atoms. The third-order valence-electron chi connectivity index (χ3n) is 4.38. The van der Waals surface area contributed by atoms with Crippen molar-refractivity contribution in [2.75, 3.05) is 18.0 Å². The molecule has 0 bridgehead atoms. The van der Waals surface area contributed by atoms with E-state index >= 15 is 0 Å². The number of anilines is 1. The normalized spacial score (nSPS) is 13.6. The zero-order valence-electron chi connectivity index (χ0n) is 15.9. The van der Waals surface area contributed by atoms with E-state index < -0.39 is 0 Å². The molecule has 2 aromatic carbocycles. The third kappa shape index (κ3) is 4.39. The van der Waals surface area contributed by atoms with Gasteiger partial charge in [0, 0.05) is 36.4 Å². The molecule has 1 fully saturated rings. The van der Waals surface area contributed by atoms with E-state index in [1.54, 1.807) is 11.0 Å². The molecule has 1 aliphatic heterocycles.